The molecule has 2 aromatic carbocycles. The van der Waals surface area contributed by atoms with Gasteiger partial charge in [0.15, 0.2) is 0 Å². The zero-order valence-electron chi connectivity index (χ0n) is 18.0. The average molecular weight is 499 g/mol. The van der Waals surface area contributed by atoms with Crippen LogP contribution >= 0.6 is 23.2 Å². The van der Waals surface area contributed by atoms with E-state index in [0.29, 0.717) is 48.1 Å². The minimum Gasteiger partial charge on any atom is -0.492 e. The smallest absolute Gasteiger partial charge is 0.224 e. The van der Waals surface area contributed by atoms with Crippen LogP contribution in [0.3, 0.4) is 0 Å². The van der Waals surface area contributed by atoms with E-state index in [2.05, 4.69) is 12.2 Å². The number of hydrogen-bond acceptors (Lipinski definition) is 4. The highest BCUT2D eigenvalue weighted by Crippen LogP contribution is 2.26. The van der Waals surface area contributed by atoms with Crippen LogP contribution in [-0.4, -0.2) is 44.9 Å². The van der Waals surface area contributed by atoms with Gasteiger partial charge in [0.2, 0.25) is 15.9 Å². The third kappa shape index (κ3) is 6.85. The van der Waals surface area contributed by atoms with E-state index in [-0.39, 0.29) is 24.1 Å². The minimum atomic E-state index is -3.60. The highest BCUT2D eigenvalue weighted by Gasteiger charge is 2.32. The molecule has 1 unspecified atom stereocenters. The monoisotopic (exact) mass is 498 g/mol. The predicted molar refractivity (Wildman–Crippen MR) is 128 cm³/mol. The molecule has 0 bridgehead atoms. The Morgan fingerprint density at radius 2 is 1.94 bits per heavy atom. The number of aryl methyl sites for hydroxylation is 1. The summed E-state index contributed by atoms with van der Waals surface area (Å²) in [6.07, 6.45) is 2.25. The lowest BCUT2D eigenvalue weighted by Crippen LogP contribution is -2.46. The van der Waals surface area contributed by atoms with Gasteiger partial charge < -0.3 is 10.1 Å². The minimum absolute atomic E-state index is 0.153. The molecule has 3 rings (SSSR count). The van der Waals surface area contributed by atoms with E-state index in [1.54, 1.807) is 12.1 Å². The summed E-state index contributed by atoms with van der Waals surface area (Å²) < 4.78 is 32.9. The highest BCUT2D eigenvalue weighted by molar-refractivity contribution is 7.88. The third-order valence-electron chi connectivity index (χ3n) is 5.50. The van der Waals surface area contributed by atoms with E-state index in [0.717, 1.165) is 12.2 Å². The molecule has 1 amide bonds. The summed E-state index contributed by atoms with van der Waals surface area (Å²) in [5.41, 5.74) is 1.73. The molecule has 1 atom stereocenters. The molecule has 1 fully saturated rings. The lowest BCUT2D eigenvalue weighted by atomic mass is 9.99. The highest BCUT2D eigenvalue weighted by atomic mass is 35.5. The van der Waals surface area contributed by atoms with E-state index in [1.807, 2.05) is 24.3 Å². The Bertz CT molecular complexity index is 1030. The molecule has 1 N–H and O–H groups in total. The number of sulfonamides is 1. The van der Waals surface area contributed by atoms with Crippen LogP contribution in [-0.2, 0) is 27.0 Å². The average Bonchev–Trinajstić information content (AvgIpc) is 2.79. The van der Waals surface area contributed by atoms with Crippen molar-refractivity contribution in [2.45, 2.75) is 31.9 Å². The van der Waals surface area contributed by atoms with Gasteiger partial charge >= 0.3 is 0 Å². The van der Waals surface area contributed by atoms with Gasteiger partial charge in [-0.05, 0) is 54.7 Å². The predicted octanol–water partition coefficient (Wildman–Crippen LogP) is 4.29. The SMILES string of the molecule is CCc1ccc(OCCNC(=O)C2CCCN(S(=O)(=O)Cc3ccc(Cl)cc3Cl)C2)cc1. The van der Waals surface area contributed by atoms with Gasteiger partial charge in [-0.25, -0.2) is 12.7 Å². The van der Waals surface area contributed by atoms with Crippen molar-refractivity contribution in [2.24, 2.45) is 5.92 Å². The van der Waals surface area contributed by atoms with Crippen molar-refractivity contribution >= 4 is 39.1 Å². The molecular weight excluding hydrogens is 471 g/mol. The van der Waals surface area contributed by atoms with Crippen LogP contribution in [0.1, 0.15) is 30.9 Å². The number of rotatable bonds is 9. The number of piperidine rings is 1. The van der Waals surface area contributed by atoms with Crippen LogP contribution in [0.25, 0.3) is 0 Å². The van der Waals surface area contributed by atoms with Crippen molar-refractivity contribution < 1.29 is 17.9 Å². The van der Waals surface area contributed by atoms with Gasteiger partial charge in [-0.15, -0.1) is 0 Å². The number of amides is 1. The van der Waals surface area contributed by atoms with Crippen molar-refractivity contribution in [3.8, 4) is 5.75 Å². The van der Waals surface area contributed by atoms with Crippen LogP contribution in [0.5, 0.6) is 5.75 Å². The van der Waals surface area contributed by atoms with Gasteiger partial charge in [0.05, 0.1) is 18.2 Å². The quantitative estimate of drug-likeness (QED) is 0.523. The first-order chi connectivity index (χ1) is 15.3. The van der Waals surface area contributed by atoms with Crippen molar-refractivity contribution in [1.82, 2.24) is 9.62 Å². The van der Waals surface area contributed by atoms with Crippen LogP contribution in [0.4, 0.5) is 0 Å². The lowest BCUT2D eigenvalue weighted by Gasteiger charge is -2.31. The lowest BCUT2D eigenvalue weighted by molar-refractivity contribution is -0.126. The van der Waals surface area contributed by atoms with E-state index in [1.165, 1.54) is 15.9 Å². The van der Waals surface area contributed by atoms with Gasteiger partial charge in [0.25, 0.3) is 0 Å². The second kappa shape index (κ2) is 11.4. The first-order valence-electron chi connectivity index (χ1n) is 10.7. The van der Waals surface area contributed by atoms with Gasteiger partial charge in [0.1, 0.15) is 12.4 Å². The van der Waals surface area contributed by atoms with Crippen molar-refractivity contribution in [2.75, 3.05) is 26.2 Å². The number of benzene rings is 2. The summed E-state index contributed by atoms with van der Waals surface area (Å²) in [4.78, 5) is 12.6. The summed E-state index contributed by atoms with van der Waals surface area (Å²) in [5, 5.41) is 3.63. The molecule has 1 aliphatic heterocycles. The molecule has 6 nitrogen and oxygen atoms in total. The van der Waals surface area contributed by atoms with Gasteiger partial charge in [-0.2, -0.15) is 0 Å². The Kier molecular flexibility index (Phi) is 8.82. The van der Waals surface area contributed by atoms with E-state index >= 15 is 0 Å². The standard InChI is InChI=1S/C23H28Cl2N2O4S/c1-2-17-5-9-21(10-6-17)31-13-11-26-23(28)18-4-3-12-27(15-18)32(29,30)16-19-7-8-20(24)14-22(19)25/h5-10,14,18H,2-4,11-13,15-16H2,1H3,(H,26,28). The molecule has 0 radical (unpaired) electrons. The number of carbonyl (C=O) groups excluding carboxylic acids is 1. The molecule has 0 saturated carbocycles. The molecule has 32 heavy (non-hydrogen) atoms. The van der Waals surface area contributed by atoms with Crippen LogP contribution in [0.2, 0.25) is 10.0 Å². The number of ether oxygens (including phenoxy) is 1. The molecule has 0 aliphatic carbocycles. The Hall–Kier alpha value is -1.80. The van der Waals surface area contributed by atoms with E-state index in [9.17, 15) is 13.2 Å². The zero-order valence-corrected chi connectivity index (χ0v) is 20.3. The first kappa shape index (κ1) is 24.8. The molecule has 1 heterocycles. The summed E-state index contributed by atoms with van der Waals surface area (Å²) >= 11 is 12.0. The summed E-state index contributed by atoms with van der Waals surface area (Å²) in [6, 6.07) is 12.6. The second-order valence-corrected chi connectivity index (χ2v) is 10.6. The number of carbonyl (C=O) groups is 1. The van der Waals surface area contributed by atoms with Gasteiger partial charge in [-0.3, -0.25) is 4.79 Å². The fourth-order valence-corrected chi connectivity index (χ4v) is 5.84. The van der Waals surface area contributed by atoms with Gasteiger partial charge in [-0.1, -0.05) is 48.3 Å². The largest absolute Gasteiger partial charge is 0.492 e. The van der Waals surface area contributed by atoms with Crippen LogP contribution in [0, 0.1) is 5.92 Å². The Balaban J connectivity index is 1.49. The van der Waals surface area contributed by atoms with Crippen LogP contribution < -0.4 is 10.1 Å². The Morgan fingerprint density at radius 1 is 1.19 bits per heavy atom. The molecule has 0 spiro atoms. The summed E-state index contributed by atoms with van der Waals surface area (Å²) in [7, 11) is -3.60. The summed E-state index contributed by atoms with van der Waals surface area (Å²) in [6.45, 7) is 3.36. The molecule has 9 heteroatoms. The molecule has 0 aromatic heterocycles. The topological polar surface area (TPSA) is 75.7 Å². The van der Waals surface area contributed by atoms with Crippen molar-refractivity contribution in [1.29, 1.82) is 0 Å². The molecule has 2 aromatic rings. The van der Waals surface area contributed by atoms with E-state index < -0.39 is 10.0 Å². The van der Waals surface area contributed by atoms with Crippen molar-refractivity contribution in [3.63, 3.8) is 0 Å². The van der Waals surface area contributed by atoms with Crippen LogP contribution in [0.15, 0.2) is 42.5 Å². The fraction of sp³-hybridized carbons (Fsp3) is 0.435. The van der Waals surface area contributed by atoms with E-state index in [4.69, 9.17) is 27.9 Å². The third-order valence-corrected chi connectivity index (χ3v) is 7.88. The zero-order chi connectivity index (χ0) is 23.1. The Labute approximate surface area is 199 Å². The van der Waals surface area contributed by atoms with Gasteiger partial charge in [0, 0.05) is 23.1 Å². The normalized spacial score (nSPS) is 17.2. The maximum absolute atomic E-state index is 12.9. The maximum atomic E-state index is 12.9. The Morgan fingerprint density at radius 3 is 2.62 bits per heavy atom. The number of hydrogen-bond donors (Lipinski definition) is 1. The molecular formula is C23H28Cl2N2O4S. The fourth-order valence-electron chi connectivity index (χ4n) is 3.64. The molecule has 174 valence electrons. The molecule has 1 aliphatic rings. The first-order valence-corrected chi connectivity index (χ1v) is 13.1. The second-order valence-electron chi connectivity index (χ2n) is 7.83. The molecule has 1 saturated heterocycles. The van der Waals surface area contributed by atoms with Crippen molar-refractivity contribution in [3.05, 3.63) is 63.6 Å². The summed E-state index contributed by atoms with van der Waals surface area (Å²) in [5.74, 6) is -0.00296. The number of nitrogens with one attached hydrogen (secondary N) is 1. The number of nitrogens with zero attached hydrogens (tertiary/aromatic N) is 1. The maximum Gasteiger partial charge on any atom is 0.224 e. The number of halogens is 2.